The molecule has 0 saturated carbocycles. The van der Waals surface area contributed by atoms with Crippen molar-refractivity contribution in [1.29, 1.82) is 0 Å². The lowest BCUT2D eigenvalue weighted by Gasteiger charge is -2.26. The molecule has 2 aliphatic rings. The number of aliphatic hydroxyl groups excluding tert-OH is 2. The Bertz CT molecular complexity index is 506. The van der Waals surface area contributed by atoms with Crippen molar-refractivity contribution < 1.29 is 39.5 Å². The quantitative estimate of drug-likeness (QED) is 0.450. The Hall–Kier alpha value is -1.91. The van der Waals surface area contributed by atoms with Crippen LogP contribution in [0.5, 0.6) is 0 Å². The van der Waals surface area contributed by atoms with Crippen molar-refractivity contribution in [3.63, 3.8) is 0 Å². The van der Waals surface area contributed by atoms with Crippen LogP contribution in [0.3, 0.4) is 0 Å². The second-order valence-corrected chi connectivity index (χ2v) is 7.06. The van der Waals surface area contributed by atoms with E-state index in [1.54, 1.807) is 20.8 Å². The SMILES string of the molecule is C.C.CC(C)(C)OC(=O)N1C[C@H](O)C[C@H]1C(=O)O.O=C(O)[C@@H]1C[C@@H](O)CN1. The van der Waals surface area contributed by atoms with Gasteiger partial charge in [-0.15, -0.1) is 0 Å². The average molecular weight is 394 g/mol. The summed E-state index contributed by atoms with van der Waals surface area (Å²) in [4.78, 5) is 33.7. The van der Waals surface area contributed by atoms with Gasteiger partial charge >= 0.3 is 18.0 Å². The van der Waals surface area contributed by atoms with Gasteiger partial charge in [-0.2, -0.15) is 0 Å². The summed E-state index contributed by atoms with van der Waals surface area (Å²) in [5.41, 5.74) is -0.673. The number of nitrogens with zero attached hydrogens (tertiary/aromatic N) is 1. The molecule has 0 aromatic rings. The number of hydrogen-bond donors (Lipinski definition) is 5. The fourth-order valence-corrected chi connectivity index (χ4v) is 2.48. The third kappa shape index (κ3) is 9.03. The van der Waals surface area contributed by atoms with Gasteiger partial charge in [0.25, 0.3) is 0 Å². The number of carboxylic acids is 2. The lowest BCUT2D eigenvalue weighted by Crippen LogP contribution is -2.43. The topological polar surface area (TPSA) is 157 Å². The van der Waals surface area contributed by atoms with E-state index in [1.807, 2.05) is 0 Å². The van der Waals surface area contributed by atoms with Crippen molar-refractivity contribution in [2.24, 2.45) is 0 Å². The molecule has 0 radical (unpaired) electrons. The highest BCUT2D eigenvalue weighted by Gasteiger charge is 2.40. The van der Waals surface area contributed by atoms with Gasteiger partial charge in [-0.3, -0.25) is 9.69 Å². The van der Waals surface area contributed by atoms with Crippen LogP contribution in [0.2, 0.25) is 0 Å². The third-order valence-electron chi connectivity index (χ3n) is 3.60. The molecule has 4 atom stereocenters. The molecule has 2 aliphatic heterocycles. The Labute approximate surface area is 160 Å². The second kappa shape index (κ2) is 11.1. The lowest BCUT2D eigenvalue weighted by atomic mass is 10.2. The molecule has 0 spiro atoms. The van der Waals surface area contributed by atoms with Gasteiger partial charge in [-0.1, -0.05) is 14.9 Å². The molecule has 2 heterocycles. The molecule has 27 heavy (non-hydrogen) atoms. The number of β-amino-alcohol motifs (C(OH)–C–C–N with tert-alkyl or cyclic N) is 2. The summed E-state index contributed by atoms with van der Waals surface area (Å²) in [5.74, 6) is -2.01. The number of carbonyl (C=O) groups is 3. The molecule has 160 valence electrons. The molecule has 0 aromatic heterocycles. The zero-order chi connectivity index (χ0) is 19.4. The molecule has 2 rings (SSSR count). The lowest BCUT2D eigenvalue weighted by molar-refractivity contribution is -0.142. The number of carboxylic acid groups (broad SMARTS) is 2. The first-order chi connectivity index (χ1) is 11.4. The molecule has 2 saturated heterocycles. The maximum atomic E-state index is 11.7. The van der Waals surface area contributed by atoms with E-state index in [4.69, 9.17) is 20.1 Å². The van der Waals surface area contributed by atoms with Crippen molar-refractivity contribution >= 4 is 18.0 Å². The molecule has 0 unspecified atom stereocenters. The Morgan fingerprint density at radius 3 is 1.89 bits per heavy atom. The minimum Gasteiger partial charge on any atom is -0.480 e. The molecule has 0 bridgehead atoms. The van der Waals surface area contributed by atoms with Crippen molar-refractivity contribution in [2.75, 3.05) is 13.1 Å². The molecule has 0 aromatic carbocycles. The minimum absolute atomic E-state index is 0. The van der Waals surface area contributed by atoms with E-state index < -0.39 is 47.9 Å². The summed E-state index contributed by atoms with van der Waals surface area (Å²) in [6, 6.07) is -1.54. The first kappa shape index (κ1) is 27.3. The zero-order valence-corrected chi connectivity index (χ0v) is 14.5. The maximum Gasteiger partial charge on any atom is 0.411 e. The number of likely N-dealkylation sites (tertiary alicyclic amines) is 1. The maximum absolute atomic E-state index is 11.7. The molecule has 10 nitrogen and oxygen atoms in total. The van der Waals surface area contributed by atoms with Crippen LogP contribution in [0, 0.1) is 0 Å². The van der Waals surface area contributed by atoms with E-state index in [9.17, 15) is 19.5 Å². The molecule has 2 fully saturated rings. The smallest absolute Gasteiger partial charge is 0.411 e. The van der Waals surface area contributed by atoms with Gasteiger partial charge in [0.2, 0.25) is 0 Å². The third-order valence-corrected chi connectivity index (χ3v) is 3.60. The Balaban J connectivity index is 0. The predicted molar refractivity (Wildman–Crippen MR) is 98.5 cm³/mol. The predicted octanol–water partition coefficient (Wildman–Crippen LogP) is 0.507. The molecular weight excluding hydrogens is 360 g/mol. The number of aliphatic hydroxyl groups is 2. The van der Waals surface area contributed by atoms with Crippen LogP contribution in [0.15, 0.2) is 0 Å². The van der Waals surface area contributed by atoms with Crippen molar-refractivity contribution in [1.82, 2.24) is 10.2 Å². The fraction of sp³-hybridized carbons (Fsp3) is 0.824. The van der Waals surface area contributed by atoms with Crippen LogP contribution < -0.4 is 5.32 Å². The first-order valence-corrected chi connectivity index (χ1v) is 7.95. The highest BCUT2D eigenvalue weighted by Crippen LogP contribution is 2.21. The Morgan fingerprint density at radius 2 is 1.56 bits per heavy atom. The van der Waals surface area contributed by atoms with Crippen molar-refractivity contribution in [3.05, 3.63) is 0 Å². The van der Waals surface area contributed by atoms with E-state index in [1.165, 1.54) is 0 Å². The summed E-state index contributed by atoms with van der Waals surface area (Å²) in [5, 5.41) is 38.1. The monoisotopic (exact) mass is 394 g/mol. The van der Waals surface area contributed by atoms with E-state index in [-0.39, 0.29) is 27.8 Å². The highest BCUT2D eigenvalue weighted by atomic mass is 16.6. The van der Waals surface area contributed by atoms with Gasteiger partial charge in [-0.25, -0.2) is 9.59 Å². The van der Waals surface area contributed by atoms with Crippen molar-refractivity contribution in [3.8, 4) is 0 Å². The van der Waals surface area contributed by atoms with Crippen LogP contribution in [0.4, 0.5) is 4.79 Å². The summed E-state index contributed by atoms with van der Waals surface area (Å²) >= 11 is 0. The fourth-order valence-electron chi connectivity index (χ4n) is 2.48. The Kier molecular flexibility index (Phi) is 11.2. The molecule has 5 N–H and O–H groups in total. The normalized spacial score (nSPS) is 26.8. The summed E-state index contributed by atoms with van der Waals surface area (Å²) in [6.45, 7) is 5.51. The number of carbonyl (C=O) groups excluding carboxylic acids is 1. The summed E-state index contributed by atoms with van der Waals surface area (Å²) in [7, 11) is 0. The van der Waals surface area contributed by atoms with Crippen molar-refractivity contribution in [2.45, 2.75) is 78.4 Å². The number of rotatable bonds is 2. The van der Waals surface area contributed by atoms with E-state index in [0.29, 0.717) is 13.0 Å². The molecule has 1 amide bonds. The van der Waals surface area contributed by atoms with Crippen LogP contribution >= 0.6 is 0 Å². The largest absolute Gasteiger partial charge is 0.480 e. The number of hydrogen-bond acceptors (Lipinski definition) is 7. The van der Waals surface area contributed by atoms with Gasteiger partial charge in [0, 0.05) is 19.4 Å². The van der Waals surface area contributed by atoms with E-state index in [0.717, 1.165) is 4.90 Å². The zero-order valence-electron chi connectivity index (χ0n) is 14.5. The van der Waals surface area contributed by atoms with Crippen LogP contribution in [0.25, 0.3) is 0 Å². The van der Waals surface area contributed by atoms with E-state index >= 15 is 0 Å². The molecular formula is C17H34N2O8. The number of ether oxygens (including phenoxy) is 1. The number of nitrogens with one attached hydrogen (secondary N) is 1. The first-order valence-electron chi connectivity index (χ1n) is 7.95. The van der Waals surface area contributed by atoms with Crippen LogP contribution in [-0.2, 0) is 14.3 Å². The average Bonchev–Trinajstić information content (AvgIpc) is 3.03. The van der Waals surface area contributed by atoms with Gasteiger partial charge in [0.15, 0.2) is 0 Å². The highest BCUT2D eigenvalue weighted by molar-refractivity contribution is 5.81. The summed E-state index contributed by atoms with van der Waals surface area (Å²) < 4.78 is 5.06. The van der Waals surface area contributed by atoms with Crippen LogP contribution in [0.1, 0.15) is 48.5 Å². The molecule has 0 aliphatic carbocycles. The van der Waals surface area contributed by atoms with Gasteiger partial charge < -0.3 is 30.5 Å². The van der Waals surface area contributed by atoms with Gasteiger partial charge in [-0.05, 0) is 20.8 Å². The Morgan fingerprint density at radius 1 is 1.00 bits per heavy atom. The standard InChI is InChI=1S/C10H17NO5.C5H9NO3.2CH4/c1-10(2,3)16-9(15)11-5-6(12)4-7(11)8(13)14;7-3-1-4(5(8)9)6-2-3;;/h6-7,12H,4-5H2,1-3H3,(H,13,14);3-4,6-7H,1-2H2,(H,8,9);2*1H4/t6-,7+;3-,4+;;/m11../s1. The second-order valence-electron chi connectivity index (χ2n) is 7.06. The van der Waals surface area contributed by atoms with Crippen LogP contribution in [-0.4, -0.2) is 86.3 Å². The molecule has 10 heteroatoms. The van der Waals surface area contributed by atoms with Gasteiger partial charge in [0.05, 0.1) is 18.8 Å². The van der Waals surface area contributed by atoms with E-state index in [2.05, 4.69) is 5.32 Å². The van der Waals surface area contributed by atoms with Gasteiger partial charge in [0.1, 0.15) is 17.7 Å². The summed E-state index contributed by atoms with van der Waals surface area (Å²) in [6.07, 6.45) is -1.60. The number of amides is 1. The minimum atomic E-state index is -1.12. The number of aliphatic carboxylic acids is 2.